The van der Waals surface area contributed by atoms with Gasteiger partial charge in [0.2, 0.25) is 5.91 Å². The van der Waals surface area contributed by atoms with E-state index in [0.29, 0.717) is 5.69 Å². The number of amides is 1. The van der Waals surface area contributed by atoms with Gasteiger partial charge in [-0.3, -0.25) is 14.0 Å². The van der Waals surface area contributed by atoms with Gasteiger partial charge in [-0.2, -0.15) is 0 Å². The lowest BCUT2D eigenvalue weighted by molar-refractivity contribution is -0.115. The van der Waals surface area contributed by atoms with E-state index in [4.69, 9.17) is 0 Å². The van der Waals surface area contributed by atoms with Crippen molar-refractivity contribution in [2.24, 2.45) is 0 Å². The second-order valence-electron chi connectivity index (χ2n) is 7.36. The van der Waals surface area contributed by atoms with Crippen LogP contribution in [0.25, 0.3) is 10.9 Å². The number of carbonyl (C=O) groups excluding carboxylic acids is 1. The maximum absolute atomic E-state index is 12.4. The molecule has 0 spiro atoms. The van der Waals surface area contributed by atoms with Crippen molar-refractivity contribution in [3.8, 4) is 0 Å². The van der Waals surface area contributed by atoms with Gasteiger partial charge in [-0.1, -0.05) is 30.3 Å². The highest BCUT2D eigenvalue weighted by molar-refractivity contribution is 7.84. The molecule has 156 valence electrons. The van der Waals surface area contributed by atoms with Crippen LogP contribution in [0.1, 0.15) is 11.1 Å². The molecular weight excluding hydrogens is 406 g/mol. The Morgan fingerprint density at radius 2 is 1.61 bits per heavy atom. The zero-order valence-electron chi connectivity index (χ0n) is 17.4. The van der Waals surface area contributed by atoms with Crippen LogP contribution in [-0.4, -0.2) is 21.4 Å². The first-order chi connectivity index (χ1) is 15.0. The van der Waals surface area contributed by atoms with E-state index < -0.39 is 10.8 Å². The molecule has 5 nitrogen and oxygen atoms in total. The minimum Gasteiger partial charge on any atom is -0.355 e. The summed E-state index contributed by atoms with van der Waals surface area (Å²) in [4.78, 5) is 17.6. The van der Waals surface area contributed by atoms with Gasteiger partial charge in [-0.05, 0) is 60.5 Å². The fourth-order valence-corrected chi connectivity index (χ4v) is 3.90. The Kier molecular flexibility index (Phi) is 6.09. The molecular formula is C25H23N3O2S. The maximum atomic E-state index is 12.4. The quantitative estimate of drug-likeness (QED) is 0.442. The summed E-state index contributed by atoms with van der Waals surface area (Å²) >= 11 is 0. The van der Waals surface area contributed by atoms with Crippen LogP contribution in [0.15, 0.2) is 83.9 Å². The minimum absolute atomic E-state index is 0.0953. The highest BCUT2D eigenvalue weighted by Gasteiger charge is 2.08. The van der Waals surface area contributed by atoms with E-state index in [1.165, 1.54) is 0 Å². The largest absolute Gasteiger partial charge is 0.355 e. The maximum Gasteiger partial charge on any atom is 0.228 e. The SMILES string of the molecule is Cc1cnc2ccccc2c1Nc1ccc(CC(=O)Nc2ccc(S(C)=O)cc2)cc1. The van der Waals surface area contributed by atoms with Crippen molar-refractivity contribution >= 4 is 44.7 Å². The van der Waals surface area contributed by atoms with E-state index in [9.17, 15) is 9.00 Å². The predicted molar refractivity (Wildman–Crippen MR) is 127 cm³/mol. The van der Waals surface area contributed by atoms with E-state index in [2.05, 4.69) is 21.7 Å². The highest BCUT2D eigenvalue weighted by atomic mass is 32.2. The number of nitrogens with zero attached hydrogens (tertiary/aromatic N) is 1. The number of anilines is 3. The molecule has 0 fully saturated rings. The van der Waals surface area contributed by atoms with Gasteiger partial charge in [0.1, 0.15) is 0 Å². The molecule has 4 rings (SSSR count). The zero-order chi connectivity index (χ0) is 21.8. The first-order valence-electron chi connectivity index (χ1n) is 9.93. The molecule has 31 heavy (non-hydrogen) atoms. The van der Waals surface area contributed by atoms with Crippen LogP contribution in [0.3, 0.4) is 0 Å². The Morgan fingerprint density at radius 1 is 0.935 bits per heavy atom. The molecule has 1 aromatic heterocycles. The first-order valence-corrected chi connectivity index (χ1v) is 11.5. The molecule has 1 atom stereocenters. The van der Waals surface area contributed by atoms with Gasteiger partial charge < -0.3 is 10.6 Å². The Balaban J connectivity index is 1.42. The Labute approximate surface area is 184 Å². The molecule has 0 saturated heterocycles. The van der Waals surface area contributed by atoms with Gasteiger partial charge >= 0.3 is 0 Å². The summed E-state index contributed by atoms with van der Waals surface area (Å²) in [5.41, 5.74) is 5.62. The van der Waals surface area contributed by atoms with Crippen molar-refractivity contribution in [3.05, 3.63) is 90.1 Å². The fraction of sp³-hybridized carbons (Fsp3) is 0.120. The number of carbonyl (C=O) groups is 1. The van der Waals surface area contributed by atoms with Crippen LogP contribution in [0.5, 0.6) is 0 Å². The summed E-state index contributed by atoms with van der Waals surface area (Å²) in [5, 5.41) is 7.44. The Bertz CT molecular complexity index is 1250. The normalized spacial score (nSPS) is 11.8. The predicted octanol–water partition coefficient (Wildman–Crippen LogP) is 5.21. The van der Waals surface area contributed by atoms with Crippen LogP contribution in [0.2, 0.25) is 0 Å². The average Bonchev–Trinajstić information content (AvgIpc) is 2.77. The number of hydrogen-bond acceptors (Lipinski definition) is 4. The van der Waals surface area contributed by atoms with Gasteiger partial charge in [0, 0.05) is 44.9 Å². The Morgan fingerprint density at radius 3 is 2.32 bits per heavy atom. The molecule has 0 aliphatic heterocycles. The molecule has 0 aliphatic rings. The van der Waals surface area contributed by atoms with Crippen LogP contribution >= 0.6 is 0 Å². The van der Waals surface area contributed by atoms with Crippen LogP contribution in [0.4, 0.5) is 17.1 Å². The number of fused-ring (bicyclic) bond motifs is 1. The van der Waals surface area contributed by atoms with Crippen LogP contribution in [-0.2, 0) is 22.0 Å². The molecule has 4 aromatic rings. The number of aryl methyl sites for hydroxylation is 1. The van der Waals surface area contributed by atoms with E-state index >= 15 is 0 Å². The smallest absolute Gasteiger partial charge is 0.228 e. The van der Waals surface area contributed by atoms with Gasteiger partial charge in [0.05, 0.1) is 17.6 Å². The molecule has 0 bridgehead atoms. The number of pyridine rings is 1. The lowest BCUT2D eigenvalue weighted by atomic mass is 10.1. The number of benzene rings is 3. The van der Waals surface area contributed by atoms with E-state index in [-0.39, 0.29) is 12.3 Å². The third kappa shape index (κ3) is 4.98. The average molecular weight is 430 g/mol. The van der Waals surface area contributed by atoms with Crippen LogP contribution in [0, 0.1) is 6.92 Å². The lowest BCUT2D eigenvalue weighted by Gasteiger charge is -2.13. The van der Waals surface area contributed by atoms with Gasteiger partial charge in [0.15, 0.2) is 0 Å². The van der Waals surface area contributed by atoms with Crippen molar-refractivity contribution in [2.45, 2.75) is 18.2 Å². The van der Waals surface area contributed by atoms with E-state index in [0.717, 1.165) is 38.3 Å². The number of rotatable bonds is 6. The van der Waals surface area contributed by atoms with E-state index in [1.54, 1.807) is 30.5 Å². The molecule has 3 aromatic carbocycles. The van der Waals surface area contributed by atoms with Crippen molar-refractivity contribution < 1.29 is 9.00 Å². The van der Waals surface area contributed by atoms with Crippen LogP contribution < -0.4 is 10.6 Å². The highest BCUT2D eigenvalue weighted by Crippen LogP contribution is 2.28. The zero-order valence-corrected chi connectivity index (χ0v) is 18.2. The molecule has 6 heteroatoms. The molecule has 1 unspecified atom stereocenters. The van der Waals surface area contributed by atoms with Crippen molar-refractivity contribution in [1.82, 2.24) is 4.98 Å². The van der Waals surface area contributed by atoms with Crippen molar-refractivity contribution in [2.75, 3.05) is 16.9 Å². The summed E-state index contributed by atoms with van der Waals surface area (Å²) in [6.07, 6.45) is 3.78. The monoisotopic (exact) mass is 429 g/mol. The fourth-order valence-electron chi connectivity index (χ4n) is 3.38. The third-order valence-electron chi connectivity index (χ3n) is 5.02. The Hall–Kier alpha value is -3.51. The molecule has 1 heterocycles. The summed E-state index contributed by atoms with van der Waals surface area (Å²) in [6, 6.07) is 22.9. The third-order valence-corrected chi connectivity index (χ3v) is 5.96. The molecule has 0 aliphatic carbocycles. The van der Waals surface area contributed by atoms with Crippen molar-refractivity contribution in [1.29, 1.82) is 0 Å². The number of para-hydroxylation sites is 1. The standard InChI is InChI=1S/C25H23N3O2S/c1-17-16-26-23-6-4-3-5-22(23)25(17)28-20-9-7-18(8-10-20)15-24(29)27-19-11-13-21(14-12-19)31(2)30/h3-14,16H,15H2,1-2H3,(H,26,28)(H,27,29). The van der Waals surface area contributed by atoms with Gasteiger partial charge in [-0.15, -0.1) is 0 Å². The van der Waals surface area contributed by atoms with Gasteiger partial charge in [0.25, 0.3) is 0 Å². The lowest BCUT2D eigenvalue weighted by Crippen LogP contribution is -2.14. The first kappa shape index (κ1) is 20.8. The minimum atomic E-state index is -1.03. The number of nitrogens with one attached hydrogen (secondary N) is 2. The summed E-state index contributed by atoms with van der Waals surface area (Å²) in [5.74, 6) is -0.0953. The topological polar surface area (TPSA) is 71.1 Å². The summed E-state index contributed by atoms with van der Waals surface area (Å²) in [6.45, 7) is 2.03. The molecule has 0 saturated carbocycles. The number of hydrogen-bond donors (Lipinski definition) is 2. The summed E-state index contributed by atoms with van der Waals surface area (Å²) < 4.78 is 11.5. The molecule has 0 radical (unpaired) electrons. The van der Waals surface area contributed by atoms with Crippen molar-refractivity contribution in [3.63, 3.8) is 0 Å². The van der Waals surface area contributed by atoms with E-state index in [1.807, 2.05) is 55.6 Å². The number of aromatic nitrogens is 1. The van der Waals surface area contributed by atoms with Gasteiger partial charge in [-0.25, -0.2) is 0 Å². The summed E-state index contributed by atoms with van der Waals surface area (Å²) in [7, 11) is -1.03. The molecule has 2 N–H and O–H groups in total. The molecule has 1 amide bonds. The second kappa shape index (κ2) is 9.10. The second-order valence-corrected chi connectivity index (χ2v) is 8.74.